The molecular weight excluding hydrogens is 464 g/mol. The first-order chi connectivity index (χ1) is 20.2. The van der Waals surface area contributed by atoms with Crippen molar-refractivity contribution >= 4 is 22.6 Å². The van der Waals surface area contributed by atoms with E-state index in [1.54, 1.807) is 42.1 Å². The zero-order chi connectivity index (χ0) is 31.3. The number of aromatic nitrogens is 3. The Hall–Kier alpha value is -3.91. The highest BCUT2D eigenvalue weighted by Crippen LogP contribution is 2.30. The first kappa shape index (κ1) is 18.4. The summed E-state index contributed by atoms with van der Waals surface area (Å²) in [6.45, 7) is -2.05. The van der Waals surface area contributed by atoms with Gasteiger partial charge in [0.1, 0.15) is 5.65 Å². The Kier molecular flexibility index (Phi) is 4.89. The quantitative estimate of drug-likeness (QED) is 0.448. The van der Waals surface area contributed by atoms with Crippen molar-refractivity contribution < 1.29 is 13.0 Å². The second-order valence-electron chi connectivity index (χ2n) is 9.65. The molecule has 5 rings (SSSR count). The summed E-state index contributed by atoms with van der Waals surface area (Å²) in [7, 11) is 1.97. The van der Waals surface area contributed by atoms with Crippen molar-refractivity contribution in [2.45, 2.75) is 32.2 Å². The van der Waals surface area contributed by atoms with Crippen molar-refractivity contribution in [3.63, 3.8) is 0 Å². The van der Waals surface area contributed by atoms with Crippen molar-refractivity contribution in [3.05, 3.63) is 87.6 Å². The van der Waals surface area contributed by atoms with Crippen LogP contribution >= 0.6 is 0 Å². The van der Waals surface area contributed by atoms with Crippen LogP contribution in [0.3, 0.4) is 0 Å². The highest BCUT2D eigenvalue weighted by molar-refractivity contribution is 5.93. The smallest absolute Gasteiger partial charge is 0.260 e. The third-order valence-corrected chi connectivity index (χ3v) is 7.45. The van der Waals surface area contributed by atoms with E-state index in [0.717, 1.165) is 53.9 Å². The van der Waals surface area contributed by atoms with E-state index in [1.807, 2.05) is 13.1 Å². The molecule has 1 fully saturated rings. The lowest BCUT2D eigenvalue weighted by atomic mass is 9.89. The predicted molar refractivity (Wildman–Crippen MR) is 147 cm³/mol. The molecule has 1 saturated heterocycles. The van der Waals surface area contributed by atoms with Crippen LogP contribution in [0.5, 0.6) is 0 Å². The molecule has 0 bridgehead atoms. The standard InChI is InChI=1S/C29H34N6O2/c1-19-25(30)12-16-35(28(19)36)26-9-13-31-27-24(26)17-23(33(27)4)18-34-14-10-21(11-15-34)20-5-7-22(8-6-20)29(37)32(2)3/h5-9,12-13,16-17,21H,10-11,14-15,18,30H2,1-4H3/i2D3,3D3. The fourth-order valence-corrected chi connectivity index (χ4v) is 5.14. The Balaban J connectivity index is 1.28. The fourth-order valence-electron chi connectivity index (χ4n) is 5.14. The molecule has 37 heavy (non-hydrogen) atoms. The Morgan fingerprint density at radius 2 is 1.89 bits per heavy atom. The van der Waals surface area contributed by atoms with Gasteiger partial charge in [-0.25, -0.2) is 4.98 Å². The molecule has 0 aliphatic carbocycles. The summed E-state index contributed by atoms with van der Waals surface area (Å²) in [5, 5.41) is 0.881. The average Bonchev–Trinajstić information content (AvgIpc) is 3.26. The lowest BCUT2D eigenvalue weighted by Gasteiger charge is -2.32. The molecule has 0 unspecified atom stereocenters. The molecule has 8 nitrogen and oxygen atoms in total. The molecule has 1 aromatic carbocycles. The topological polar surface area (TPSA) is 89.4 Å². The number of hydrogen-bond donors (Lipinski definition) is 1. The van der Waals surface area contributed by atoms with Gasteiger partial charge in [0, 0.05) is 76.1 Å². The maximum Gasteiger partial charge on any atom is 0.260 e. The molecular formula is C29H34N6O2. The second-order valence-corrected chi connectivity index (χ2v) is 9.65. The van der Waals surface area contributed by atoms with Crippen molar-refractivity contribution in [1.82, 2.24) is 23.9 Å². The number of pyridine rings is 2. The van der Waals surface area contributed by atoms with Gasteiger partial charge >= 0.3 is 0 Å². The van der Waals surface area contributed by atoms with Crippen molar-refractivity contribution in [2.75, 3.05) is 32.8 Å². The van der Waals surface area contributed by atoms with Gasteiger partial charge in [-0.1, -0.05) is 12.1 Å². The van der Waals surface area contributed by atoms with Gasteiger partial charge in [-0.3, -0.25) is 19.1 Å². The molecule has 192 valence electrons. The second kappa shape index (κ2) is 9.86. The molecule has 0 radical (unpaired) electrons. The number of piperidine rings is 1. The molecule has 8 heteroatoms. The maximum atomic E-state index is 12.9. The Morgan fingerprint density at radius 3 is 2.59 bits per heavy atom. The van der Waals surface area contributed by atoms with Crippen LogP contribution in [-0.2, 0) is 13.6 Å². The van der Waals surface area contributed by atoms with Gasteiger partial charge < -0.3 is 15.2 Å². The van der Waals surface area contributed by atoms with Crippen LogP contribution in [0.4, 0.5) is 5.69 Å². The van der Waals surface area contributed by atoms with Crippen molar-refractivity contribution in [1.29, 1.82) is 0 Å². The molecule has 4 heterocycles. The molecule has 1 amide bonds. The summed E-state index contributed by atoms with van der Waals surface area (Å²) in [6.07, 6.45) is 5.17. The summed E-state index contributed by atoms with van der Waals surface area (Å²) in [4.78, 5) is 32.6. The molecule has 1 aliphatic rings. The number of anilines is 1. The number of carbonyl (C=O) groups excluding carboxylic acids is 1. The highest BCUT2D eigenvalue weighted by Gasteiger charge is 2.23. The normalized spacial score (nSPS) is 17.9. The molecule has 4 aromatic rings. The van der Waals surface area contributed by atoms with Crippen LogP contribution in [0.15, 0.2) is 59.7 Å². The van der Waals surface area contributed by atoms with Crippen molar-refractivity contribution in [2.24, 2.45) is 7.05 Å². The van der Waals surface area contributed by atoms with E-state index in [0.29, 0.717) is 17.8 Å². The lowest BCUT2D eigenvalue weighted by molar-refractivity contribution is 0.0827. The predicted octanol–water partition coefficient (Wildman–Crippen LogP) is 3.70. The maximum absolute atomic E-state index is 12.9. The molecule has 2 N–H and O–H groups in total. The number of hydrogen-bond acceptors (Lipinski definition) is 5. The largest absolute Gasteiger partial charge is 0.398 e. The molecule has 3 aromatic heterocycles. The monoisotopic (exact) mass is 504 g/mol. The SMILES string of the molecule is [2H]C([2H])([2H])N(C(=O)c1ccc(C2CCN(Cc3cc4c(-n5ccc(N)c(C)c5=O)ccnc4n3C)CC2)cc1)C([2H])([2H])[2H]. The van der Waals surface area contributed by atoms with E-state index in [1.165, 1.54) is 12.1 Å². The third-order valence-electron chi connectivity index (χ3n) is 7.45. The van der Waals surface area contributed by atoms with E-state index in [2.05, 4.69) is 20.5 Å². The van der Waals surface area contributed by atoms with E-state index in [-0.39, 0.29) is 21.9 Å². The number of nitrogen functional groups attached to an aromatic ring is 1. The zero-order valence-electron chi connectivity index (χ0n) is 26.9. The zero-order valence-corrected chi connectivity index (χ0v) is 20.9. The molecule has 1 aliphatic heterocycles. The number of carbonyl (C=O) groups is 1. The summed E-state index contributed by atoms with van der Waals surface area (Å²) in [5.74, 6) is -0.798. The number of rotatable bonds is 5. The van der Waals surface area contributed by atoms with Crippen LogP contribution in [-0.4, -0.2) is 56.9 Å². The van der Waals surface area contributed by atoms with E-state index in [4.69, 9.17) is 14.0 Å². The minimum absolute atomic E-state index is 0.0198. The first-order valence-electron chi connectivity index (χ1n) is 15.2. The van der Waals surface area contributed by atoms with Gasteiger partial charge in [0.05, 0.1) is 5.69 Å². The highest BCUT2D eigenvalue weighted by atomic mass is 16.2. The number of benzene rings is 1. The average molecular weight is 505 g/mol. The van der Waals surface area contributed by atoms with Crippen LogP contribution in [0.1, 0.15) is 54.2 Å². The van der Waals surface area contributed by atoms with Gasteiger partial charge in [-0.05, 0) is 74.7 Å². The van der Waals surface area contributed by atoms with Crippen LogP contribution in [0, 0.1) is 6.92 Å². The van der Waals surface area contributed by atoms with Crippen molar-refractivity contribution in [3.8, 4) is 5.69 Å². The van der Waals surface area contributed by atoms with Gasteiger partial charge in [-0.2, -0.15) is 0 Å². The Morgan fingerprint density at radius 1 is 1.16 bits per heavy atom. The molecule has 0 spiro atoms. The summed E-state index contributed by atoms with van der Waals surface area (Å²) in [6, 6.07) is 12.2. The van der Waals surface area contributed by atoms with Gasteiger partial charge in [0.15, 0.2) is 0 Å². The Bertz CT molecular complexity index is 1700. The third kappa shape index (κ3) is 4.64. The fraction of sp³-hybridized carbons (Fsp3) is 0.345. The minimum Gasteiger partial charge on any atom is -0.398 e. The van der Waals surface area contributed by atoms with E-state index in [9.17, 15) is 9.59 Å². The Labute approximate surface area is 225 Å². The van der Waals surface area contributed by atoms with Gasteiger partial charge in [0.2, 0.25) is 0 Å². The number of aryl methyl sites for hydroxylation is 1. The number of amides is 1. The lowest BCUT2D eigenvalue weighted by Crippen LogP contribution is -2.33. The van der Waals surface area contributed by atoms with Gasteiger partial charge in [-0.15, -0.1) is 0 Å². The van der Waals surface area contributed by atoms with Crippen LogP contribution in [0.25, 0.3) is 16.7 Å². The first-order valence-corrected chi connectivity index (χ1v) is 12.2. The summed E-state index contributed by atoms with van der Waals surface area (Å²) < 4.78 is 48.6. The number of nitrogens with zero attached hydrogens (tertiary/aromatic N) is 5. The number of nitrogens with two attached hydrogens (primary N) is 1. The van der Waals surface area contributed by atoms with E-state index < -0.39 is 19.9 Å². The van der Waals surface area contributed by atoms with Gasteiger partial charge in [0.25, 0.3) is 11.5 Å². The number of fused-ring (bicyclic) bond motifs is 1. The summed E-state index contributed by atoms with van der Waals surface area (Å²) in [5.41, 5.74) is 10.4. The van der Waals surface area contributed by atoms with E-state index >= 15 is 0 Å². The number of likely N-dealkylation sites (tertiary alicyclic amines) is 1. The molecule has 0 saturated carbocycles. The van der Waals surface area contributed by atoms with Crippen LogP contribution in [0.2, 0.25) is 0 Å². The van der Waals surface area contributed by atoms with Crippen LogP contribution < -0.4 is 11.3 Å². The summed E-state index contributed by atoms with van der Waals surface area (Å²) >= 11 is 0. The minimum atomic E-state index is -3.08. The molecule has 0 atom stereocenters.